The molecule has 0 radical (unpaired) electrons. The molecular formula is C14H14BrN4O2+. The zero-order chi connectivity index (χ0) is 15.2. The van der Waals surface area contributed by atoms with Gasteiger partial charge in [-0.15, -0.1) is 0 Å². The highest BCUT2D eigenvalue weighted by Gasteiger charge is 2.18. The summed E-state index contributed by atoms with van der Waals surface area (Å²) in [6.45, 7) is 0.632. The van der Waals surface area contributed by atoms with Crippen molar-refractivity contribution in [2.45, 2.75) is 6.54 Å². The molecule has 2 rings (SSSR count). The Morgan fingerprint density at radius 2 is 2.10 bits per heavy atom. The standard InChI is InChI=1S/C14H13BrN4O2/c1-21-14(20)10-8-17-11(12(15)16)13(19-10)18-7-9-5-3-2-4-6-9/h2-6,8,16H,7H2,1H3,(H,18,19)/p+1. The van der Waals surface area contributed by atoms with Gasteiger partial charge in [-0.1, -0.05) is 30.3 Å². The zero-order valence-corrected chi connectivity index (χ0v) is 12.9. The minimum Gasteiger partial charge on any atom is -0.464 e. The third-order valence-electron chi connectivity index (χ3n) is 2.78. The number of nitrogens with one attached hydrogen (secondary N) is 1. The summed E-state index contributed by atoms with van der Waals surface area (Å²) < 4.78 is 4.75. The van der Waals surface area contributed by atoms with Crippen LogP contribution in [0.5, 0.6) is 0 Å². The fourth-order valence-electron chi connectivity index (χ4n) is 1.75. The van der Waals surface area contributed by atoms with Crippen LogP contribution in [0.1, 0.15) is 21.7 Å². The van der Waals surface area contributed by atoms with Gasteiger partial charge >= 0.3 is 5.97 Å². The van der Waals surface area contributed by atoms with E-state index < -0.39 is 5.97 Å². The molecule has 7 heteroatoms. The molecule has 1 heterocycles. The quantitative estimate of drug-likeness (QED) is 0.629. The van der Waals surface area contributed by atoms with Crippen molar-refractivity contribution in [1.82, 2.24) is 9.97 Å². The fraction of sp³-hybridized carbons (Fsp3) is 0.143. The second-order valence-corrected chi connectivity index (χ2v) is 4.98. The van der Waals surface area contributed by atoms with Gasteiger partial charge in [-0.05, 0) is 15.9 Å². The summed E-state index contributed by atoms with van der Waals surface area (Å²) >= 11 is 3.08. The SMILES string of the molecule is COC(=O)c1cnc(C(=N)Br)c([NH2+]Cc2ccccc2)n1. The number of carbonyl (C=O) groups excluding carboxylic acids is 1. The van der Waals surface area contributed by atoms with Crippen LogP contribution >= 0.6 is 15.9 Å². The summed E-state index contributed by atoms with van der Waals surface area (Å²) in [5.74, 6) is -0.0758. The third kappa shape index (κ3) is 3.93. The van der Waals surface area contributed by atoms with Gasteiger partial charge in [0.25, 0.3) is 5.82 Å². The third-order valence-corrected chi connectivity index (χ3v) is 3.15. The molecule has 0 aliphatic heterocycles. The Morgan fingerprint density at radius 1 is 1.38 bits per heavy atom. The second-order valence-electron chi connectivity index (χ2n) is 4.19. The van der Waals surface area contributed by atoms with Gasteiger partial charge in [0.1, 0.15) is 11.2 Å². The van der Waals surface area contributed by atoms with Gasteiger partial charge in [-0.25, -0.2) is 9.78 Å². The van der Waals surface area contributed by atoms with Crippen LogP contribution in [0.15, 0.2) is 36.5 Å². The number of methoxy groups -OCH3 is 1. The maximum absolute atomic E-state index is 11.5. The van der Waals surface area contributed by atoms with Crippen LogP contribution in [0.25, 0.3) is 0 Å². The number of esters is 1. The first-order valence-electron chi connectivity index (χ1n) is 6.18. The molecule has 0 amide bonds. The highest BCUT2D eigenvalue weighted by Crippen LogP contribution is 2.10. The monoisotopic (exact) mass is 349 g/mol. The number of ether oxygens (including phenoxy) is 1. The summed E-state index contributed by atoms with van der Waals surface area (Å²) in [6.07, 6.45) is 1.30. The lowest BCUT2D eigenvalue weighted by Crippen LogP contribution is -2.77. The molecule has 0 saturated carbocycles. The number of aromatic nitrogens is 2. The smallest absolute Gasteiger partial charge is 0.358 e. The average molecular weight is 350 g/mol. The highest BCUT2D eigenvalue weighted by atomic mass is 79.9. The van der Waals surface area contributed by atoms with Crippen molar-refractivity contribution < 1.29 is 14.8 Å². The summed E-state index contributed by atoms with van der Waals surface area (Å²) in [4.78, 5) is 19.8. The van der Waals surface area contributed by atoms with Crippen LogP contribution < -0.4 is 5.32 Å². The highest BCUT2D eigenvalue weighted by molar-refractivity contribution is 9.18. The first-order valence-corrected chi connectivity index (χ1v) is 6.98. The van der Waals surface area contributed by atoms with E-state index in [2.05, 4.69) is 30.6 Å². The molecule has 0 bridgehead atoms. The number of carbonyl (C=O) groups is 1. The molecule has 0 aliphatic rings. The van der Waals surface area contributed by atoms with Crippen molar-refractivity contribution in [2.24, 2.45) is 0 Å². The van der Waals surface area contributed by atoms with E-state index in [1.165, 1.54) is 13.3 Å². The van der Waals surface area contributed by atoms with E-state index in [1.807, 2.05) is 35.6 Å². The van der Waals surface area contributed by atoms with E-state index in [0.29, 0.717) is 18.1 Å². The first-order chi connectivity index (χ1) is 10.1. The van der Waals surface area contributed by atoms with E-state index in [0.717, 1.165) is 5.56 Å². The number of nitrogens with two attached hydrogens (primary N) is 1. The van der Waals surface area contributed by atoms with Gasteiger partial charge in [0, 0.05) is 5.56 Å². The number of benzene rings is 1. The molecule has 21 heavy (non-hydrogen) atoms. The van der Waals surface area contributed by atoms with E-state index in [-0.39, 0.29) is 10.3 Å². The average Bonchev–Trinajstić information content (AvgIpc) is 2.52. The van der Waals surface area contributed by atoms with Gasteiger partial charge in [-0.2, -0.15) is 4.98 Å². The zero-order valence-electron chi connectivity index (χ0n) is 11.3. The van der Waals surface area contributed by atoms with Gasteiger partial charge in [0.2, 0.25) is 0 Å². The predicted octanol–water partition coefficient (Wildman–Crippen LogP) is 1.38. The Balaban J connectivity index is 2.26. The minimum atomic E-state index is -0.551. The molecule has 0 aliphatic carbocycles. The summed E-state index contributed by atoms with van der Waals surface area (Å²) in [6, 6.07) is 9.83. The Kier molecular flexibility index (Phi) is 5.13. The van der Waals surface area contributed by atoms with Gasteiger partial charge < -0.3 is 4.74 Å². The van der Waals surface area contributed by atoms with Crippen LogP contribution in [0, 0.1) is 5.41 Å². The molecule has 3 N–H and O–H groups in total. The van der Waals surface area contributed by atoms with Gasteiger partial charge in [0.05, 0.1) is 13.3 Å². The fourth-order valence-corrected chi connectivity index (χ4v) is 2.05. The number of rotatable bonds is 5. The molecule has 108 valence electrons. The normalized spacial score (nSPS) is 10.2. The van der Waals surface area contributed by atoms with Crippen LogP contribution in [0.2, 0.25) is 0 Å². The van der Waals surface area contributed by atoms with Crippen LogP contribution in [-0.4, -0.2) is 27.7 Å². The molecule has 1 aromatic heterocycles. The summed E-state index contributed by atoms with van der Waals surface area (Å²) in [5, 5.41) is 9.49. The minimum absolute atomic E-state index is 0.116. The number of hydrogen-bond donors (Lipinski definition) is 2. The molecule has 6 nitrogen and oxygen atoms in total. The van der Waals surface area contributed by atoms with E-state index in [4.69, 9.17) is 5.41 Å². The van der Waals surface area contributed by atoms with E-state index >= 15 is 0 Å². The molecule has 0 atom stereocenters. The second kappa shape index (κ2) is 7.05. The lowest BCUT2D eigenvalue weighted by molar-refractivity contribution is -0.592. The lowest BCUT2D eigenvalue weighted by Gasteiger charge is -2.06. The van der Waals surface area contributed by atoms with Crippen LogP contribution in [-0.2, 0) is 11.3 Å². The largest absolute Gasteiger partial charge is 0.464 e. The topological polar surface area (TPSA) is 92.5 Å². The lowest BCUT2D eigenvalue weighted by atomic mass is 10.2. The predicted molar refractivity (Wildman–Crippen MR) is 80.9 cm³/mol. The van der Waals surface area contributed by atoms with Gasteiger partial charge in [-0.3, -0.25) is 10.7 Å². The maximum Gasteiger partial charge on any atom is 0.358 e. The van der Waals surface area contributed by atoms with Crippen molar-refractivity contribution in [1.29, 1.82) is 5.41 Å². The van der Waals surface area contributed by atoms with Crippen molar-refractivity contribution in [3.63, 3.8) is 0 Å². The number of halogens is 1. The van der Waals surface area contributed by atoms with Crippen LogP contribution in [0.3, 0.4) is 0 Å². The van der Waals surface area contributed by atoms with Crippen molar-refractivity contribution >= 4 is 32.3 Å². The maximum atomic E-state index is 11.5. The van der Waals surface area contributed by atoms with E-state index in [1.54, 1.807) is 0 Å². The summed E-state index contributed by atoms with van der Waals surface area (Å²) in [7, 11) is 1.29. The molecule has 1 aromatic carbocycles. The number of hydrogen-bond acceptors (Lipinski definition) is 5. The number of quaternary nitrogens is 1. The molecule has 0 fully saturated rings. The Bertz CT molecular complexity index is 661. The first kappa shape index (κ1) is 15.3. The molecular weight excluding hydrogens is 336 g/mol. The molecule has 0 unspecified atom stereocenters. The molecule has 0 spiro atoms. The van der Waals surface area contributed by atoms with Crippen molar-refractivity contribution in [2.75, 3.05) is 7.11 Å². The van der Waals surface area contributed by atoms with Gasteiger partial charge in [0.15, 0.2) is 11.4 Å². The summed E-state index contributed by atoms with van der Waals surface area (Å²) in [5.41, 5.74) is 1.61. The number of nitrogens with zero attached hydrogens (tertiary/aromatic N) is 2. The Hall–Kier alpha value is -2.12. The van der Waals surface area contributed by atoms with E-state index in [9.17, 15) is 4.79 Å². The van der Waals surface area contributed by atoms with Crippen LogP contribution in [0.4, 0.5) is 5.82 Å². The molecule has 2 aromatic rings. The molecule has 0 saturated heterocycles. The van der Waals surface area contributed by atoms with Crippen molar-refractivity contribution in [3.8, 4) is 0 Å². The Morgan fingerprint density at radius 3 is 2.71 bits per heavy atom. The van der Waals surface area contributed by atoms with Crippen molar-refractivity contribution in [3.05, 3.63) is 53.5 Å². The Labute approximate surface area is 130 Å².